The highest BCUT2D eigenvalue weighted by atomic mass is 16.4. The molecule has 19 heavy (non-hydrogen) atoms. The number of carbonyl (C=O) groups is 1. The Labute approximate surface area is 109 Å². The summed E-state index contributed by atoms with van der Waals surface area (Å²) in [6.45, 7) is 0. The van der Waals surface area contributed by atoms with Crippen LogP contribution in [0.4, 0.5) is 0 Å². The highest BCUT2D eigenvalue weighted by molar-refractivity contribution is 5.70. The van der Waals surface area contributed by atoms with E-state index in [4.69, 9.17) is 5.11 Å². The number of hydrogen-bond acceptors (Lipinski definition) is 3. The number of carboxylic acids is 1. The number of benzene rings is 1. The lowest BCUT2D eigenvalue weighted by molar-refractivity contribution is -0.136. The van der Waals surface area contributed by atoms with Gasteiger partial charge in [0.2, 0.25) is 5.78 Å². The zero-order valence-corrected chi connectivity index (χ0v) is 10.0. The van der Waals surface area contributed by atoms with Gasteiger partial charge in [-0.25, -0.2) is 9.97 Å². The van der Waals surface area contributed by atoms with Crippen LogP contribution in [-0.4, -0.2) is 25.4 Å². The minimum atomic E-state index is -0.897. The highest BCUT2D eigenvalue weighted by Gasteiger charge is 2.07. The molecule has 3 aromatic rings. The lowest BCUT2D eigenvalue weighted by Gasteiger charge is -2.00. The van der Waals surface area contributed by atoms with E-state index < -0.39 is 5.97 Å². The van der Waals surface area contributed by atoms with Gasteiger partial charge in [0.25, 0.3) is 0 Å². The van der Waals surface area contributed by atoms with Crippen molar-refractivity contribution in [1.29, 1.82) is 0 Å². The predicted molar refractivity (Wildman–Crippen MR) is 69.8 cm³/mol. The number of hydrogen-bond donors (Lipinski definition) is 1. The quantitative estimate of drug-likeness (QED) is 0.775. The lowest BCUT2D eigenvalue weighted by atomic mass is 10.1. The smallest absolute Gasteiger partial charge is 0.309 e. The molecule has 0 saturated carbocycles. The number of aliphatic carboxylic acids is 1. The maximum absolute atomic E-state index is 10.7. The van der Waals surface area contributed by atoms with Crippen LogP contribution in [0.15, 0.2) is 48.9 Å². The molecule has 0 radical (unpaired) electrons. The fraction of sp³-hybridized carbons (Fsp3) is 0.0714. The summed E-state index contributed by atoms with van der Waals surface area (Å²) in [5.74, 6) is -0.386. The maximum Gasteiger partial charge on any atom is 0.309 e. The molecule has 0 amide bonds. The van der Waals surface area contributed by atoms with Crippen molar-refractivity contribution in [2.75, 3.05) is 0 Å². The molecule has 2 heterocycles. The van der Waals surface area contributed by atoms with Crippen LogP contribution in [0.5, 0.6) is 0 Å². The fourth-order valence-corrected chi connectivity index (χ4v) is 1.95. The van der Waals surface area contributed by atoms with Crippen molar-refractivity contribution in [3.8, 4) is 11.1 Å². The Kier molecular flexibility index (Phi) is 2.72. The molecule has 2 aromatic heterocycles. The Morgan fingerprint density at radius 2 is 1.95 bits per heavy atom. The Morgan fingerprint density at radius 3 is 2.68 bits per heavy atom. The van der Waals surface area contributed by atoms with Crippen LogP contribution in [0.1, 0.15) is 5.69 Å². The summed E-state index contributed by atoms with van der Waals surface area (Å²) in [5.41, 5.74) is 2.53. The second-order valence-electron chi connectivity index (χ2n) is 4.22. The first-order valence-corrected chi connectivity index (χ1v) is 5.83. The van der Waals surface area contributed by atoms with Gasteiger partial charge in [-0.3, -0.25) is 9.20 Å². The summed E-state index contributed by atoms with van der Waals surface area (Å²) in [4.78, 5) is 19.1. The molecule has 0 aliphatic carbocycles. The molecular weight excluding hydrogens is 242 g/mol. The van der Waals surface area contributed by atoms with Crippen LogP contribution in [0, 0.1) is 0 Å². The molecule has 0 unspecified atom stereocenters. The zero-order chi connectivity index (χ0) is 13.2. The highest BCUT2D eigenvalue weighted by Crippen LogP contribution is 2.18. The van der Waals surface area contributed by atoms with Crippen LogP contribution in [-0.2, 0) is 11.2 Å². The third-order valence-electron chi connectivity index (χ3n) is 2.80. The van der Waals surface area contributed by atoms with Gasteiger partial charge in [0.05, 0.1) is 12.1 Å². The van der Waals surface area contributed by atoms with Gasteiger partial charge in [-0.05, 0) is 5.56 Å². The Hall–Kier alpha value is -2.69. The molecular formula is C14H11N3O2. The van der Waals surface area contributed by atoms with E-state index in [-0.39, 0.29) is 6.42 Å². The van der Waals surface area contributed by atoms with E-state index >= 15 is 0 Å². The number of imidazole rings is 1. The molecule has 0 spiro atoms. The normalized spacial score (nSPS) is 10.7. The zero-order valence-electron chi connectivity index (χ0n) is 10.0. The van der Waals surface area contributed by atoms with Gasteiger partial charge in [0, 0.05) is 24.2 Å². The molecule has 1 N–H and O–H groups in total. The molecule has 3 rings (SSSR count). The van der Waals surface area contributed by atoms with Crippen LogP contribution in [0.25, 0.3) is 16.9 Å². The van der Waals surface area contributed by atoms with Crippen molar-refractivity contribution in [3.05, 3.63) is 54.6 Å². The van der Waals surface area contributed by atoms with Crippen LogP contribution < -0.4 is 0 Å². The summed E-state index contributed by atoms with van der Waals surface area (Å²) in [6.07, 6.45) is 5.24. The first-order chi connectivity index (χ1) is 9.22. The maximum atomic E-state index is 10.7. The van der Waals surface area contributed by atoms with Crippen molar-refractivity contribution in [3.63, 3.8) is 0 Å². The third-order valence-corrected chi connectivity index (χ3v) is 2.80. The number of nitrogens with zero attached hydrogens (tertiary/aromatic N) is 3. The standard InChI is InChI=1S/C14H11N3O2/c18-13(19)6-12-9-17-8-11(7-15-14(17)16-12)10-4-2-1-3-5-10/h1-5,7-9H,6H2,(H,18,19). The van der Waals surface area contributed by atoms with Crippen LogP contribution in [0.3, 0.4) is 0 Å². The number of carboxylic acid groups (broad SMARTS) is 1. The van der Waals surface area contributed by atoms with Crippen molar-refractivity contribution < 1.29 is 9.90 Å². The van der Waals surface area contributed by atoms with E-state index in [0.29, 0.717) is 11.5 Å². The first-order valence-electron chi connectivity index (χ1n) is 5.83. The molecule has 94 valence electrons. The largest absolute Gasteiger partial charge is 0.481 e. The van der Waals surface area contributed by atoms with E-state index in [1.807, 2.05) is 36.5 Å². The molecule has 5 heteroatoms. The molecule has 0 aliphatic rings. The summed E-state index contributed by atoms with van der Waals surface area (Å²) in [7, 11) is 0. The van der Waals surface area contributed by atoms with Crippen molar-refractivity contribution >= 4 is 11.7 Å². The van der Waals surface area contributed by atoms with Gasteiger partial charge in [0.15, 0.2) is 0 Å². The van der Waals surface area contributed by atoms with Gasteiger partial charge in [0.1, 0.15) is 0 Å². The minimum Gasteiger partial charge on any atom is -0.481 e. The van der Waals surface area contributed by atoms with E-state index in [0.717, 1.165) is 11.1 Å². The van der Waals surface area contributed by atoms with E-state index in [1.165, 1.54) is 0 Å². The van der Waals surface area contributed by atoms with E-state index in [9.17, 15) is 4.79 Å². The molecule has 1 aromatic carbocycles. The molecule has 5 nitrogen and oxygen atoms in total. The molecule has 0 saturated heterocycles. The predicted octanol–water partition coefficient (Wildman–Crippen LogP) is 2.02. The van der Waals surface area contributed by atoms with Crippen LogP contribution in [0.2, 0.25) is 0 Å². The summed E-state index contributed by atoms with van der Waals surface area (Å²) in [5, 5.41) is 8.75. The Bertz CT molecular complexity index is 735. The van der Waals surface area contributed by atoms with Gasteiger partial charge in [-0.2, -0.15) is 0 Å². The molecule has 0 bridgehead atoms. The summed E-state index contributed by atoms with van der Waals surface area (Å²) < 4.78 is 1.75. The van der Waals surface area contributed by atoms with Crippen molar-refractivity contribution in [1.82, 2.24) is 14.4 Å². The topological polar surface area (TPSA) is 67.5 Å². The average Bonchev–Trinajstić information content (AvgIpc) is 2.79. The van der Waals surface area contributed by atoms with Gasteiger partial charge >= 0.3 is 5.97 Å². The van der Waals surface area contributed by atoms with Gasteiger partial charge in [-0.15, -0.1) is 0 Å². The Balaban J connectivity index is 2.03. The second-order valence-corrected chi connectivity index (χ2v) is 4.22. The monoisotopic (exact) mass is 253 g/mol. The number of aromatic nitrogens is 3. The molecule has 0 fully saturated rings. The average molecular weight is 253 g/mol. The van der Waals surface area contributed by atoms with Crippen molar-refractivity contribution in [2.45, 2.75) is 6.42 Å². The SMILES string of the molecule is O=C(O)Cc1cn2cc(-c3ccccc3)cnc2n1. The van der Waals surface area contributed by atoms with E-state index in [1.54, 1.807) is 16.8 Å². The van der Waals surface area contributed by atoms with Gasteiger partial charge in [-0.1, -0.05) is 30.3 Å². The summed E-state index contributed by atoms with van der Waals surface area (Å²) in [6, 6.07) is 9.88. The molecule has 0 atom stereocenters. The van der Waals surface area contributed by atoms with Gasteiger partial charge < -0.3 is 5.11 Å². The minimum absolute atomic E-state index is 0.0932. The van der Waals surface area contributed by atoms with E-state index in [2.05, 4.69) is 9.97 Å². The van der Waals surface area contributed by atoms with Crippen LogP contribution >= 0.6 is 0 Å². The second kappa shape index (κ2) is 4.53. The lowest BCUT2D eigenvalue weighted by Crippen LogP contribution is -1.99. The third kappa shape index (κ3) is 2.30. The molecule has 0 aliphatic heterocycles. The Morgan fingerprint density at radius 1 is 1.16 bits per heavy atom. The number of fused-ring (bicyclic) bond motifs is 1. The fourth-order valence-electron chi connectivity index (χ4n) is 1.95. The first kappa shape index (κ1) is 11.4. The number of rotatable bonds is 3. The van der Waals surface area contributed by atoms with Crippen molar-refractivity contribution in [2.24, 2.45) is 0 Å². The summed E-state index contributed by atoms with van der Waals surface area (Å²) >= 11 is 0.